The maximum absolute atomic E-state index is 11.4. The maximum Gasteiger partial charge on any atom is 0.319 e. The van der Waals surface area contributed by atoms with Crippen LogP contribution >= 0.6 is 11.6 Å². The smallest absolute Gasteiger partial charge is 0.319 e. The first kappa shape index (κ1) is 12.6. The highest BCUT2D eigenvalue weighted by Crippen LogP contribution is 2.27. The molecule has 0 bridgehead atoms. The third-order valence-corrected chi connectivity index (χ3v) is 2.18. The molecule has 88 valence electrons. The molecule has 0 aromatic heterocycles. The van der Waals surface area contributed by atoms with Gasteiger partial charge in [-0.15, -0.1) is 0 Å². The Morgan fingerprint density at radius 1 is 1.50 bits per heavy atom. The molecule has 0 saturated heterocycles. The molecule has 1 rings (SSSR count). The molecule has 0 fully saturated rings. The Hall–Kier alpha value is -1.42. The van der Waals surface area contributed by atoms with E-state index in [4.69, 9.17) is 16.3 Å². The van der Waals surface area contributed by atoms with Crippen LogP contribution in [0.25, 0.3) is 0 Å². The largest absolute Gasteiger partial charge is 0.495 e. The van der Waals surface area contributed by atoms with Crippen molar-refractivity contribution in [3.05, 3.63) is 23.2 Å². The number of benzene rings is 1. The van der Waals surface area contributed by atoms with E-state index in [1.165, 1.54) is 0 Å². The summed E-state index contributed by atoms with van der Waals surface area (Å²) >= 11 is 5.83. The van der Waals surface area contributed by atoms with Gasteiger partial charge in [-0.1, -0.05) is 18.5 Å². The fourth-order valence-electron chi connectivity index (χ4n) is 1.18. The molecule has 0 spiro atoms. The second-order valence-electron chi connectivity index (χ2n) is 3.23. The van der Waals surface area contributed by atoms with E-state index in [2.05, 4.69) is 10.6 Å². The summed E-state index contributed by atoms with van der Waals surface area (Å²) in [5.41, 5.74) is 0.559. The second kappa shape index (κ2) is 6.23. The summed E-state index contributed by atoms with van der Waals surface area (Å²) in [6.45, 7) is 2.62. The molecule has 0 atom stereocenters. The zero-order valence-electron chi connectivity index (χ0n) is 9.34. The van der Waals surface area contributed by atoms with Crippen molar-refractivity contribution >= 4 is 23.3 Å². The number of urea groups is 1. The monoisotopic (exact) mass is 242 g/mol. The minimum Gasteiger partial charge on any atom is -0.495 e. The Bertz CT molecular complexity index is 369. The summed E-state index contributed by atoms with van der Waals surface area (Å²) in [5.74, 6) is 0.580. The number of carbonyl (C=O) groups excluding carboxylic acids is 1. The van der Waals surface area contributed by atoms with Gasteiger partial charge in [0, 0.05) is 11.6 Å². The van der Waals surface area contributed by atoms with Gasteiger partial charge in [-0.05, 0) is 24.6 Å². The van der Waals surface area contributed by atoms with Gasteiger partial charge in [-0.3, -0.25) is 0 Å². The van der Waals surface area contributed by atoms with Gasteiger partial charge in [0.2, 0.25) is 0 Å². The number of ether oxygens (including phenoxy) is 1. The Labute approximate surface area is 99.9 Å². The number of hydrogen-bond acceptors (Lipinski definition) is 2. The first-order chi connectivity index (χ1) is 7.67. The fourth-order valence-corrected chi connectivity index (χ4v) is 1.36. The third-order valence-electron chi connectivity index (χ3n) is 1.95. The number of anilines is 1. The van der Waals surface area contributed by atoms with Gasteiger partial charge in [0.15, 0.2) is 0 Å². The van der Waals surface area contributed by atoms with Crippen LogP contribution in [0.3, 0.4) is 0 Å². The SMILES string of the molecule is CCCNC(=O)Nc1cc(Cl)ccc1OC. The van der Waals surface area contributed by atoms with Crippen LogP contribution in [-0.2, 0) is 0 Å². The first-order valence-electron chi connectivity index (χ1n) is 5.05. The molecule has 0 aliphatic heterocycles. The molecule has 0 heterocycles. The highest BCUT2D eigenvalue weighted by atomic mass is 35.5. The molecule has 2 N–H and O–H groups in total. The van der Waals surface area contributed by atoms with Crippen molar-refractivity contribution in [2.24, 2.45) is 0 Å². The molecule has 4 nitrogen and oxygen atoms in total. The number of methoxy groups -OCH3 is 1. The van der Waals surface area contributed by atoms with Crippen molar-refractivity contribution < 1.29 is 9.53 Å². The van der Waals surface area contributed by atoms with E-state index in [0.717, 1.165) is 6.42 Å². The van der Waals surface area contributed by atoms with E-state index in [-0.39, 0.29) is 6.03 Å². The van der Waals surface area contributed by atoms with Gasteiger partial charge in [-0.25, -0.2) is 4.79 Å². The molecule has 0 saturated carbocycles. The summed E-state index contributed by atoms with van der Waals surface area (Å²) in [6, 6.07) is 4.79. The van der Waals surface area contributed by atoms with E-state index in [1.807, 2.05) is 6.92 Å². The minimum atomic E-state index is -0.262. The summed E-state index contributed by atoms with van der Waals surface area (Å²) in [4.78, 5) is 11.4. The van der Waals surface area contributed by atoms with Gasteiger partial charge in [-0.2, -0.15) is 0 Å². The average molecular weight is 243 g/mol. The molecule has 2 amide bonds. The van der Waals surface area contributed by atoms with Gasteiger partial charge in [0.1, 0.15) is 5.75 Å². The third kappa shape index (κ3) is 3.62. The lowest BCUT2D eigenvalue weighted by Crippen LogP contribution is -2.29. The van der Waals surface area contributed by atoms with E-state index < -0.39 is 0 Å². The molecule has 0 unspecified atom stereocenters. The van der Waals surface area contributed by atoms with Crippen LogP contribution in [0.15, 0.2) is 18.2 Å². The second-order valence-corrected chi connectivity index (χ2v) is 3.66. The lowest BCUT2D eigenvalue weighted by Gasteiger charge is -2.10. The van der Waals surface area contributed by atoms with Crippen molar-refractivity contribution in [1.29, 1.82) is 0 Å². The quantitative estimate of drug-likeness (QED) is 0.853. The number of rotatable bonds is 4. The van der Waals surface area contributed by atoms with Crippen LogP contribution in [0.1, 0.15) is 13.3 Å². The van der Waals surface area contributed by atoms with E-state index in [1.54, 1.807) is 25.3 Å². The van der Waals surface area contributed by atoms with Crippen molar-refractivity contribution in [3.63, 3.8) is 0 Å². The predicted octanol–water partition coefficient (Wildman–Crippen LogP) is 2.88. The summed E-state index contributed by atoms with van der Waals surface area (Å²) in [6.07, 6.45) is 0.889. The zero-order chi connectivity index (χ0) is 12.0. The number of amides is 2. The van der Waals surface area contributed by atoms with Gasteiger partial charge in [0.05, 0.1) is 12.8 Å². The molecule has 0 aliphatic rings. The highest BCUT2D eigenvalue weighted by Gasteiger charge is 2.07. The molecular weight excluding hydrogens is 228 g/mol. The maximum atomic E-state index is 11.4. The van der Waals surface area contributed by atoms with E-state index in [0.29, 0.717) is 23.0 Å². The normalized spacial score (nSPS) is 9.69. The van der Waals surface area contributed by atoms with E-state index >= 15 is 0 Å². The molecule has 0 radical (unpaired) electrons. The summed E-state index contributed by atoms with van der Waals surface area (Å²) in [7, 11) is 1.54. The Kier molecular flexibility index (Phi) is 4.92. The van der Waals surface area contributed by atoms with Crippen LogP contribution in [0.5, 0.6) is 5.75 Å². The summed E-state index contributed by atoms with van der Waals surface area (Å²) in [5, 5.41) is 5.93. The van der Waals surface area contributed by atoms with Gasteiger partial charge < -0.3 is 15.4 Å². The summed E-state index contributed by atoms with van der Waals surface area (Å²) < 4.78 is 5.10. The molecule has 0 aliphatic carbocycles. The highest BCUT2D eigenvalue weighted by molar-refractivity contribution is 6.31. The number of carbonyl (C=O) groups is 1. The molecule has 5 heteroatoms. The fraction of sp³-hybridized carbons (Fsp3) is 0.364. The van der Waals surface area contributed by atoms with Crippen LogP contribution in [0, 0.1) is 0 Å². The zero-order valence-corrected chi connectivity index (χ0v) is 10.1. The van der Waals surface area contributed by atoms with Gasteiger partial charge >= 0.3 is 6.03 Å². The molecule has 16 heavy (non-hydrogen) atoms. The van der Waals surface area contributed by atoms with E-state index in [9.17, 15) is 4.79 Å². The Morgan fingerprint density at radius 3 is 2.88 bits per heavy atom. The standard InChI is InChI=1S/C11H15ClN2O2/c1-3-6-13-11(15)14-9-7-8(12)4-5-10(9)16-2/h4-5,7H,3,6H2,1-2H3,(H2,13,14,15). The average Bonchev–Trinajstić information content (AvgIpc) is 2.27. The van der Waals surface area contributed by atoms with Crippen LogP contribution in [-0.4, -0.2) is 19.7 Å². The van der Waals surface area contributed by atoms with Crippen molar-refractivity contribution in [1.82, 2.24) is 5.32 Å². The van der Waals surface area contributed by atoms with Gasteiger partial charge in [0.25, 0.3) is 0 Å². The first-order valence-corrected chi connectivity index (χ1v) is 5.43. The van der Waals surface area contributed by atoms with Crippen molar-refractivity contribution in [3.8, 4) is 5.75 Å². The minimum absolute atomic E-state index is 0.262. The predicted molar refractivity (Wildman–Crippen MR) is 65.3 cm³/mol. The molecule has 1 aromatic rings. The Morgan fingerprint density at radius 2 is 2.25 bits per heavy atom. The lowest BCUT2D eigenvalue weighted by molar-refractivity contribution is 0.252. The number of halogens is 1. The Balaban J connectivity index is 2.71. The number of nitrogens with one attached hydrogen (secondary N) is 2. The number of hydrogen-bond donors (Lipinski definition) is 2. The molecular formula is C11H15ClN2O2. The van der Waals surface area contributed by atoms with Crippen LogP contribution in [0.2, 0.25) is 5.02 Å². The van der Waals surface area contributed by atoms with Crippen molar-refractivity contribution in [2.45, 2.75) is 13.3 Å². The van der Waals surface area contributed by atoms with Crippen LogP contribution < -0.4 is 15.4 Å². The van der Waals surface area contributed by atoms with Crippen LogP contribution in [0.4, 0.5) is 10.5 Å². The molecule has 1 aromatic carbocycles. The van der Waals surface area contributed by atoms with Crippen molar-refractivity contribution in [2.75, 3.05) is 19.0 Å². The lowest BCUT2D eigenvalue weighted by atomic mass is 10.3. The topological polar surface area (TPSA) is 50.4 Å².